The van der Waals surface area contributed by atoms with Crippen molar-refractivity contribution in [1.29, 1.82) is 0 Å². The highest BCUT2D eigenvalue weighted by molar-refractivity contribution is 5.82. The lowest BCUT2D eigenvalue weighted by Gasteiger charge is -2.12. The van der Waals surface area contributed by atoms with Gasteiger partial charge in [-0.3, -0.25) is 4.79 Å². The molecule has 4 heteroatoms. The summed E-state index contributed by atoms with van der Waals surface area (Å²) in [5.41, 5.74) is 7.19. The maximum Gasteiger partial charge on any atom is 0.172 e. The highest BCUT2D eigenvalue weighted by Crippen LogP contribution is 2.48. The number of hydrogen-bond acceptors (Lipinski definition) is 4. The number of carbonyl (C=O) groups excluding carboxylic acids is 1. The van der Waals surface area contributed by atoms with Gasteiger partial charge >= 0.3 is 0 Å². The first kappa shape index (κ1) is 23.3. The van der Waals surface area contributed by atoms with Crippen molar-refractivity contribution in [3.63, 3.8) is 0 Å². The second-order valence-corrected chi connectivity index (χ2v) is 9.66. The molecule has 1 heterocycles. The zero-order valence-electron chi connectivity index (χ0n) is 20.3. The molecule has 4 nitrogen and oxygen atoms in total. The Balaban J connectivity index is 1.27. The van der Waals surface area contributed by atoms with E-state index in [0.29, 0.717) is 18.1 Å². The summed E-state index contributed by atoms with van der Waals surface area (Å²) >= 11 is 0. The van der Waals surface area contributed by atoms with Crippen LogP contribution < -0.4 is 0 Å². The molecule has 0 amide bonds. The fraction of sp³-hybridized carbons (Fsp3) is 0.290. The molecule has 35 heavy (non-hydrogen) atoms. The molecule has 1 aliphatic rings. The third kappa shape index (κ3) is 5.13. The Labute approximate surface area is 206 Å². The van der Waals surface area contributed by atoms with Gasteiger partial charge in [0.25, 0.3) is 0 Å². The van der Waals surface area contributed by atoms with Gasteiger partial charge in [0.15, 0.2) is 5.76 Å². The average Bonchev–Trinajstić information content (AvgIpc) is 3.60. The molecular formula is C31H31NO3. The quantitative estimate of drug-likeness (QED) is 0.287. The first-order valence-corrected chi connectivity index (χ1v) is 12.4. The molecule has 1 aromatic heterocycles. The minimum Gasteiger partial charge on any atom is -0.388 e. The number of Topliss-reactive ketones (excluding diaryl/α,β-unsaturated/α-hetero) is 1. The molecule has 178 valence electrons. The van der Waals surface area contributed by atoms with E-state index in [9.17, 15) is 9.90 Å². The van der Waals surface area contributed by atoms with Crippen LogP contribution in [0.4, 0.5) is 0 Å². The lowest BCUT2D eigenvalue weighted by atomic mass is 9.96. The van der Waals surface area contributed by atoms with Crippen LogP contribution in [0.15, 0.2) is 83.4 Å². The maximum absolute atomic E-state index is 11.6. The van der Waals surface area contributed by atoms with Gasteiger partial charge in [-0.15, -0.1) is 0 Å². The van der Waals surface area contributed by atoms with E-state index in [0.717, 1.165) is 47.2 Å². The zero-order valence-corrected chi connectivity index (χ0v) is 20.3. The molecule has 0 aliphatic heterocycles. The number of ketones is 1. The van der Waals surface area contributed by atoms with E-state index in [1.807, 2.05) is 37.3 Å². The van der Waals surface area contributed by atoms with Crippen LogP contribution >= 0.6 is 0 Å². The summed E-state index contributed by atoms with van der Waals surface area (Å²) in [5, 5.41) is 15.1. The Bertz CT molecular complexity index is 1290. The van der Waals surface area contributed by atoms with E-state index in [2.05, 4.69) is 53.7 Å². The molecule has 4 aromatic rings. The third-order valence-electron chi connectivity index (χ3n) is 7.16. The van der Waals surface area contributed by atoms with E-state index >= 15 is 0 Å². The smallest absolute Gasteiger partial charge is 0.172 e. The minimum atomic E-state index is -0.617. The van der Waals surface area contributed by atoms with Gasteiger partial charge in [-0.2, -0.15) is 0 Å². The second kappa shape index (κ2) is 10.0. The summed E-state index contributed by atoms with van der Waals surface area (Å²) in [6.07, 6.45) is 2.83. The summed E-state index contributed by atoms with van der Waals surface area (Å²) in [5.74, 6) is 1.52. The predicted molar refractivity (Wildman–Crippen MR) is 138 cm³/mol. The van der Waals surface area contributed by atoms with Gasteiger partial charge in [-0.25, -0.2) is 0 Å². The molecule has 1 N–H and O–H groups in total. The fourth-order valence-corrected chi connectivity index (χ4v) is 5.02. The number of rotatable bonds is 9. The number of carbonyl (C=O) groups is 1. The number of hydrogen-bond donors (Lipinski definition) is 1. The lowest BCUT2D eigenvalue weighted by Crippen LogP contribution is -2.01. The lowest BCUT2D eigenvalue weighted by molar-refractivity contribution is -0.118. The normalized spacial score (nSPS) is 17.8. The number of aliphatic hydroxyl groups is 1. The van der Waals surface area contributed by atoms with Crippen molar-refractivity contribution in [2.45, 2.75) is 51.6 Å². The molecule has 1 saturated carbocycles. The van der Waals surface area contributed by atoms with Crippen LogP contribution in [0.2, 0.25) is 0 Å². The Morgan fingerprint density at radius 1 is 0.971 bits per heavy atom. The first-order valence-electron chi connectivity index (χ1n) is 12.4. The van der Waals surface area contributed by atoms with Crippen molar-refractivity contribution >= 4 is 5.78 Å². The van der Waals surface area contributed by atoms with Crippen molar-refractivity contribution in [3.05, 3.63) is 101 Å². The molecule has 3 atom stereocenters. The van der Waals surface area contributed by atoms with E-state index in [1.54, 1.807) is 6.92 Å². The number of benzene rings is 3. The van der Waals surface area contributed by atoms with Crippen molar-refractivity contribution in [1.82, 2.24) is 5.16 Å². The molecule has 5 rings (SSSR count). The molecule has 1 fully saturated rings. The second-order valence-electron chi connectivity index (χ2n) is 9.66. The third-order valence-corrected chi connectivity index (χ3v) is 7.16. The van der Waals surface area contributed by atoms with E-state index < -0.39 is 6.10 Å². The van der Waals surface area contributed by atoms with Crippen LogP contribution in [0.25, 0.3) is 22.5 Å². The van der Waals surface area contributed by atoms with Crippen molar-refractivity contribution in [3.8, 4) is 22.5 Å². The SMILES string of the molecule is CC(=O)[C@@H]1C[C@@H]1c1ccc(-c2ccc(-c3onc(C)c3C(O)CCCc3ccccc3)cc2)cc1. The van der Waals surface area contributed by atoms with Crippen LogP contribution in [0, 0.1) is 12.8 Å². The summed E-state index contributed by atoms with van der Waals surface area (Å²) in [6.45, 7) is 3.57. The van der Waals surface area contributed by atoms with Crippen molar-refractivity contribution in [2.75, 3.05) is 0 Å². The summed E-state index contributed by atoms with van der Waals surface area (Å²) in [7, 11) is 0. The molecule has 0 saturated heterocycles. The van der Waals surface area contributed by atoms with E-state index in [4.69, 9.17) is 4.52 Å². The number of nitrogens with zero attached hydrogens (tertiary/aromatic N) is 1. The topological polar surface area (TPSA) is 63.3 Å². The molecular weight excluding hydrogens is 434 g/mol. The molecule has 0 radical (unpaired) electrons. The van der Waals surface area contributed by atoms with Crippen molar-refractivity contribution in [2.24, 2.45) is 5.92 Å². The maximum atomic E-state index is 11.6. The number of aromatic nitrogens is 1. The fourth-order valence-electron chi connectivity index (χ4n) is 5.02. The van der Waals surface area contributed by atoms with Crippen LogP contribution in [-0.4, -0.2) is 16.0 Å². The van der Waals surface area contributed by atoms with Gasteiger partial charge in [0.2, 0.25) is 0 Å². The predicted octanol–water partition coefficient (Wildman–Crippen LogP) is 7.07. The minimum absolute atomic E-state index is 0.202. The van der Waals surface area contributed by atoms with Gasteiger partial charge < -0.3 is 9.63 Å². The Kier molecular flexibility index (Phi) is 6.65. The van der Waals surface area contributed by atoms with Gasteiger partial charge in [0.05, 0.1) is 17.4 Å². The summed E-state index contributed by atoms with van der Waals surface area (Å²) in [4.78, 5) is 11.6. The van der Waals surface area contributed by atoms with Gasteiger partial charge in [0, 0.05) is 11.5 Å². The Morgan fingerprint density at radius 2 is 1.60 bits per heavy atom. The van der Waals surface area contributed by atoms with E-state index in [1.165, 1.54) is 11.1 Å². The monoisotopic (exact) mass is 465 g/mol. The number of aryl methyl sites for hydroxylation is 2. The van der Waals surface area contributed by atoms with Gasteiger partial charge in [-0.05, 0) is 67.7 Å². The number of aliphatic hydroxyl groups excluding tert-OH is 1. The largest absolute Gasteiger partial charge is 0.388 e. The van der Waals surface area contributed by atoms with Crippen LogP contribution in [0.5, 0.6) is 0 Å². The van der Waals surface area contributed by atoms with Gasteiger partial charge in [0.1, 0.15) is 5.78 Å². The molecule has 0 spiro atoms. The first-order chi connectivity index (χ1) is 17.0. The summed E-state index contributed by atoms with van der Waals surface area (Å²) in [6, 6.07) is 27.1. The zero-order chi connectivity index (χ0) is 24.4. The van der Waals surface area contributed by atoms with Crippen LogP contribution in [0.3, 0.4) is 0 Å². The molecule has 1 unspecified atom stereocenters. The van der Waals surface area contributed by atoms with Crippen LogP contribution in [0.1, 0.15) is 60.6 Å². The highest BCUT2D eigenvalue weighted by atomic mass is 16.5. The van der Waals surface area contributed by atoms with Gasteiger partial charge in [-0.1, -0.05) is 84.0 Å². The molecule has 1 aliphatic carbocycles. The highest BCUT2D eigenvalue weighted by Gasteiger charge is 2.41. The van der Waals surface area contributed by atoms with Crippen molar-refractivity contribution < 1.29 is 14.4 Å². The Hall–Kier alpha value is -3.50. The molecule has 0 bridgehead atoms. The average molecular weight is 466 g/mol. The Morgan fingerprint density at radius 3 is 2.23 bits per heavy atom. The van der Waals surface area contributed by atoms with E-state index in [-0.39, 0.29) is 11.7 Å². The standard InChI is InChI=1S/C31H31NO3/c1-20-30(29(34)10-6-9-22-7-4-3-5-8-22)31(35-32-20)26-17-13-24(14-18-26)23-11-15-25(16-12-23)28-19-27(28)21(2)33/h3-5,7-8,11-18,27-29,34H,6,9-10,19H2,1-2H3/t27-,28+,29?/m0/s1. The molecule has 3 aromatic carbocycles. The van der Waals surface area contributed by atoms with Crippen LogP contribution in [-0.2, 0) is 11.2 Å². The summed E-state index contributed by atoms with van der Waals surface area (Å²) < 4.78 is 5.65.